The molecule has 1 aliphatic heterocycles. The summed E-state index contributed by atoms with van der Waals surface area (Å²) in [4.78, 5) is 2.32. The van der Waals surface area contributed by atoms with Crippen LogP contribution in [-0.4, -0.2) is 22.7 Å². The highest BCUT2D eigenvalue weighted by Gasteiger charge is 2.20. The number of phenolic OH excluding ortho intramolecular Hbond substituents is 1. The van der Waals surface area contributed by atoms with Crippen LogP contribution in [0.4, 0.5) is 0 Å². The van der Waals surface area contributed by atoms with Crippen LogP contribution in [0, 0.1) is 6.92 Å². The van der Waals surface area contributed by atoms with Gasteiger partial charge in [0.25, 0.3) is 0 Å². The molecular formula is C18H21NO2. The molecule has 0 aromatic heterocycles. The number of fused-ring (bicyclic) bond motifs is 1. The van der Waals surface area contributed by atoms with Crippen LogP contribution >= 0.6 is 0 Å². The lowest BCUT2D eigenvalue weighted by molar-refractivity contribution is 0.155. The smallest absolute Gasteiger partial charge is 0.124 e. The van der Waals surface area contributed by atoms with Crippen molar-refractivity contribution in [2.45, 2.75) is 33.0 Å². The molecule has 1 N–H and O–H groups in total. The van der Waals surface area contributed by atoms with Crippen LogP contribution < -0.4 is 4.74 Å². The molecule has 0 radical (unpaired) electrons. The molecule has 0 spiro atoms. The number of aryl methyl sites for hydroxylation is 1. The Hall–Kier alpha value is -2.00. The summed E-state index contributed by atoms with van der Waals surface area (Å²) in [6, 6.07) is 13.9. The molecule has 2 aromatic carbocycles. The summed E-state index contributed by atoms with van der Waals surface area (Å²) in [6.07, 6.45) is 0.139. The Morgan fingerprint density at radius 1 is 1.24 bits per heavy atom. The number of para-hydroxylation sites is 1. The summed E-state index contributed by atoms with van der Waals surface area (Å²) in [6.45, 7) is 6.61. The third-order valence-corrected chi connectivity index (χ3v) is 3.84. The van der Waals surface area contributed by atoms with E-state index in [1.54, 1.807) is 6.07 Å². The van der Waals surface area contributed by atoms with Gasteiger partial charge in [-0.05, 0) is 26.0 Å². The van der Waals surface area contributed by atoms with Crippen molar-refractivity contribution in [3.05, 3.63) is 59.2 Å². The van der Waals surface area contributed by atoms with Gasteiger partial charge in [-0.3, -0.25) is 4.90 Å². The van der Waals surface area contributed by atoms with E-state index in [-0.39, 0.29) is 6.10 Å². The zero-order chi connectivity index (χ0) is 14.8. The highest BCUT2D eigenvalue weighted by molar-refractivity contribution is 5.38. The monoisotopic (exact) mass is 283 g/mol. The lowest BCUT2D eigenvalue weighted by atomic mass is 10.1. The van der Waals surface area contributed by atoms with Gasteiger partial charge in [-0.15, -0.1) is 0 Å². The zero-order valence-corrected chi connectivity index (χ0v) is 12.5. The van der Waals surface area contributed by atoms with Gasteiger partial charge in [0.15, 0.2) is 0 Å². The summed E-state index contributed by atoms with van der Waals surface area (Å²) in [5.74, 6) is 1.34. The highest BCUT2D eigenvalue weighted by Crippen LogP contribution is 2.28. The first-order chi connectivity index (χ1) is 10.1. The minimum absolute atomic E-state index is 0.139. The Morgan fingerprint density at radius 3 is 2.86 bits per heavy atom. The first kappa shape index (κ1) is 14.0. The predicted molar refractivity (Wildman–Crippen MR) is 83.5 cm³/mol. The molecule has 0 saturated heterocycles. The van der Waals surface area contributed by atoms with Crippen molar-refractivity contribution in [3.63, 3.8) is 0 Å². The van der Waals surface area contributed by atoms with Crippen molar-refractivity contribution in [1.29, 1.82) is 0 Å². The van der Waals surface area contributed by atoms with Gasteiger partial charge >= 0.3 is 0 Å². The van der Waals surface area contributed by atoms with Gasteiger partial charge in [-0.2, -0.15) is 0 Å². The lowest BCUT2D eigenvalue weighted by Gasteiger charge is -2.22. The van der Waals surface area contributed by atoms with E-state index in [1.165, 1.54) is 11.1 Å². The fraction of sp³-hybridized carbons (Fsp3) is 0.333. The van der Waals surface area contributed by atoms with Crippen molar-refractivity contribution in [2.75, 3.05) is 6.54 Å². The molecule has 0 saturated carbocycles. The third kappa shape index (κ3) is 3.19. The van der Waals surface area contributed by atoms with E-state index in [1.807, 2.05) is 18.2 Å². The number of ether oxygens (including phenoxy) is 1. The summed E-state index contributed by atoms with van der Waals surface area (Å²) < 4.78 is 6.01. The van der Waals surface area contributed by atoms with Crippen LogP contribution in [0.1, 0.15) is 23.6 Å². The van der Waals surface area contributed by atoms with Gasteiger partial charge in [0.1, 0.15) is 17.6 Å². The maximum absolute atomic E-state index is 9.96. The fourth-order valence-corrected chi connectivity index (χ4v) is 2.88. The Kier molecular flexibility index (Phi) is 3.84. The summed E-state index contributed by atoms with van der Waals surface area (Å²) >= 11 is 0. The molecule has 21 heavy (non-hydrogen) atoms. The molecule has 0 amide bonds. The molecule has 3 rings (SSSR count). The largest absolute Gasteiger partial charge is 0.508 e. The van der Waals surface area contributed by atoms with Crippen LogP contribution in [0.3, 0.4) is 0 Å². The second-order valence-corrected chi connectivity index (χ2v) is 5.84. The van der Waals surface area contributed by atoms with Crippen molar-refractivity contribution in [1.82, 2.24) is 4.90 Å². The van der Waals surface area contributed by atoms with E-state index >= 15 is 0 Å². The molecule has 1 heterocycles. The van der Waals surface area contributed by atoms with Crippen LogP contribution in [0.15, 0.2) is 42.5 Å². The number of benzene rings is 2. The van der Waals surface area contributed by atoms with E-state index in [2.05, 4.69) is 36.9 Å². The average molecular weight is 283 g/mol. The van der Waals surface area contributed by atoms with Gasteiger partial charge < -0.3 is 9.84 Å². The standard InChI is InChI=1S/C18H21NO2/c1-13-7-8-18-16(9-13)12-19(10-14(2)21-18)11-15-5-3-4-6-17(15)20/h3-9,14,20H,10-12H2,1-2H3. The summed E-state index contributed by atoms with van der Waals surface area (Å²) in [7, 11) is 0. The number of aromatic hydroxyl groups is 1. The van der Waals surface area contributed by atoms with Gasteiger partial charge in [-0.25, -0.2) is 0 Å². The molecule has 1 aliphatic rings. The predicted octanol–water partition coefficient (Wildman–Crippen LogP) is 3.48. The molecule has 0 fully saturated rings. The molecule has 1 atom stereocenters. The maximum Gasteiger partial charge on any atom is 0.124 e. The van der Waals surface area contributed by atoms with Gasteiger partial charge in [0, 0.05) is 30.8 Å². The third-order valence-electron chi connectivity index (χ3n) is 3.84. The van der Waals surface area contributed by atoms with E-state index in [0.717, 1.165) is 30.9 Å². The number of hydrogen-bond donors (Lipinski definition) is 1. The molecular weight excluding hydrogens is 262 g/mol. The van der Waals surface area contributed by atoms with Crippen LogP contribution in [0.2, 0.25) is 0 Å². The summed E-state index contributed by atoms with van der Waals surface area (Å²) in [5.41, 5.74) is 3.42. The second-order valence-electron chi connectivity index (χ2n) is 5.84. The molecule has 110 valence electrons. The number of phenols is 1. The van der Waals surface area contributed by atoms with E-state index < -0.39 is 0 Å². The number of nitrogens with zero attached hydrogens (tertiary/aromatic N) is 1. The van der Waals surface area contributed by atoms with E-state index in [9.17, 15) is 5.11 Å². The topological polar surface area (TPSA) is 32.7 Å². The van der Waals surface area contributed by atoms with Gasteiger partial charge in [0.2, 0.25) is 0 Å². The van der Waals surface area contributed by atoms with Crippen molar-refractivity contribution >= 4 is 0 Å². The molecule has 2 aromatic rings. The summed E-state index contributed by atoms with van der Waals surface area (Å²) in [5, 5.41) is 9.96. The van der Waals surface area contributed by atoms with Crippen molar-refractivity contribution in [3.8, 4) is 11.5 Å². The van der Waals surface area contributed by atoms with Gasteiger partial charge in [-0.1, -0.05) is 35.9 Å². The van der Waals surface area contributed by atoms with Crippen molar-refractivity contribution in [2.24, 2.45) is 0 Å². The Bertz CT molecular complexity index is 639. The SMILES string of the molecule is Cc1ccc2c(c1)CN(Cc1ccccc1O)CC(C)O2. The second kappa shape index (κ2) is 5.78. The quantitative estimate of drug-likeness (QED) is 0.916. The molecule has 0 aliphatic carbocycles. The molecule has 0 bridgehead atoms. The number of hydrogen-bond acceptors (Lipinski definition) is 3. The first-order valence-electron chi connectivity index (χ1n) is 7.37. The van der Waals surface area contributed by atoms with Crippen LogP contribution in [-0.2, 0) is 13.1 Å². The molecule has 1 unspecified atom stereocenters. The van der Waals surface area contributed by atoms with Crippen LogP contribution in [0.25, 0.3) is 0 Å². The molecule has 3 heteroatoms. The Morgan fingerprint density at radius 2 is 2.05 bits per heavy atom. The minimum atomic E-state index is 0.139. The fourth-order valence-electron chi connectivity index (χ4n) is 2.88. The Balaban J connectivity index is 1.85. The minimum Gasteiger partial charge on any atom is -0.508 e. The maximum atomic E-state index is 9.96. The average Bonchev–Trinajstić information content (AvgIpc) is 2.59. The first-order valence-corrected chi connectivity index (χ1v) is 7.37. The number of rotatable bonds is 2. The highest BCUT2D eigenvalue weighted by atomic mass is 16.5. The van der Waals surface area contributed by atoms with E-state index in [0.29, 0.717) is 5.75 Å². The normalized spacial score (nSPS) is 18.7. The van der Waals surface area contributed by atoms with Gasteiger partial charge in [0.05, 0.1) is 0 Å². The van der Waals surface area contributed by atoms with Crippen LogP contribution in [0.5, 0.6) is 11.5 Å². The Labute approximate surface area is 125 Å². The zero-order valence-electron chi connectivity index (χ0n) is 12.5. The van der Waals surface area contributed by atoms with E-state index in [4.69, 9.17) is 4.74 Å². The lowest BCUT2D eigenvalue weighted by Crippen LogP contribution is -2.30. The van der Waals surface area contributed by atoms with Crippen molar-refractivity contribution < 1.29 is 9.84 Å². The molecule has 3 nitrogen and oxygen atoms in total.